The maximum Gasteiger partial charge on any atom is 0.277 e. The molecule has 2 aromatic heterocycles. The molecule has 2 N–H and O–H groups in total. The first-order chi connectivity index (χ1) is 11.1. The fraction of sp³-hybridized carbons (Fsp3) is 0.133. The van der Waals surface area contributed by atoms with Gasteiger partial charge in [-0.1, -0.05) is 28.9 Å². The molecule has 118 valence electrons. The molecule has 23 heavy (non-hydrogen) atoms. The summed E-state index contributed by atoms with van der Waals surface area (Å²) in [6.45, 7) is 0.225. The average Bonchev–Trinajstić information content (AvgIpc) is 3.20. The molecule has 0 unspecified atom stereocenters. The van der Waals surface area contributed by atoms with Gasteiger partial charge in [0.2, 0.25) is 0 Å². The third-order valence-corrected chi connectivity index (χ3v) is 4.21. The summed E-state index contributed by atoms with van der Waals surface area (Å²) in [5, 5.41) is 24.7. The number of nitrogens with one attached hydrogen (secondary N) is 1. The van der Waals surface area contributed by atoms with Crippen LogP contribution in [0.4, 0.5) is 5.69 Å². The molecule has 0 aliphatic heterocycles. The van der Waals surface area contributed by atoms with Crippen molar-refractivity contribution >= 4 is 34.5 Å². The Morgan fingerprint density at radius 3 is 2.96 bits per heavy atom. The van der Waals surface area contributed by atoms with Crippen LogP contribution in [0.2, 0.25) is 5.02 Å². The van der Waals surface area contributed by atoms with Gasteiger partial charge in [0, 0.05) is 0 Å². The summed E-state index contributed by atoms with van der Waals surface area (Å²) in [6.07, 6.45) is 0.796. The molecule has 0 bridgehead atoms. The Kier molecular flexibility index (Phi) is 4.71. The van der Waals surface area contributed by atoms with E-state index >= 15 is 0 Å². The quantitative estimate of drug-likeness (QED) is 0.742. The summed E-state index contributed by atoms with van der Waals surface area (Å²) >= 11 is 7.51. The van der Waals surface area contributed by atoms with E-state index in [-0.39, 0.29) is 12.2 Å². The maximum absolute atomic E-state index is 12.1. The molecule has 0 saturated heterocycles. The second kappa shape index (κ2) is 6.91. The van der Waals surface area contributed by atoms with Crippen molar-refractivity contribution in [1.29, 1.82) is 0 Å². The number of carbonyl (C=O) groups is 1. The van der Waals surface area contributed by atoms with E-state index in [1.807, 2.05) is 16.8 Å². The van der Waals surface area contributed by atoms with Gasteiger partial charge in [0.1, 0.15) is 0 Å². The van der Waals surface area contributed by atoms with Crippen molar-refractivity contribution in [3.63, 3.8) is 0 Å². The number of carbonyl (C=O) groups excluding carboxylic acids is 1. The van der Waals surface area contributed by atoms with Crippen LogP contribution in [0.1, 0.15) is 22.2 Å². The van der Waals surface area contributed by atoms with Crippen molar-refractivity contribution in [3.05, 3.63) is 63.6 Å². The summed E-state index contributed by atoms with van der Waals surface area (Å²) < 4.78 is 1.43. The minimum absolute atomic E-state index is 0.155. The zero-order chi connectivity index (χ0) is 16.2. The van der Waals surface area contributed by atoms with Gasteiger partial charge in [0.25, 0.3) is 5.91 Å². The van der Waals surface area contributed by atoms with Crippen LogP contribution >= 0.6 is 22.9 Å². The largest absolute Gasteiger partial charge is 0.386 e. The number of thiophene rings is 1. The van der Waals surface area contributed by atoms with E-state index in [4.69, 9.17) is 11.6 Å². The highest BCUT2D eigenvalue weighted by Gasteiger charge is 2.15. The second-order valence-electron chi connectivity index (χ2n) is 4.83. The van der Waals surface area contributed by atoms with Gasteiger partial charge in [0.05, 0.1) is 29.6 Å². The summed E-state index contributed by atoms with van der Waals surface area (Å²) in [4.78, 5) is 12.1. The molecule has 0 radical (unpaired) electrons. The fourth-order valence-electron chi connectivity index (χ4n) is 1.99. The lowest BCUT2D eigenvalue weighted by molar-refractivity contribution is 0.102. The van der Waals surface area contributed by atoms with Crippen LogP contribution in [-0.4, -0.2) is 26.0 Å². The zero-order valence-electron chi connectivity index (χ0n) is 11.9. The van der Waals surface area contributed by atoms with Crippen molar-refractivity contribution in [2.45, 2.75) is 12.6 Å². The molecular weight excluding hydrogens is 336 g/mol. The standard InChI is InChI=1S/C15H13ClN4O2S/c16-11-3-1-2-4-12(11)17-15(22)13-7-20(19-18-13)8-14(21)10-5-6-23-9-10/h1-7,9,14,21H,8H2,(H,17,22)/t14-/m1/s1. The highest BCUT2D eigenvalue weighted by molar-refractivity contribution is 7.07. The summed E-state index contributed by atoms with van der Waals surface area (Å²) in [5.74, 6) is -0.408. The second-order valence-corrected chi connectivity index (χ2v) is 6.02. The minimum atomic E-state index is -0.692. The van der Waals surface area contributed by atoms with Crippen LogP contribution in [-0.2, 0) is 6.54 Å². The Hall–Kier alpha value is -2.22. The molecule has 8 heteroatoms. The van der Waals surface area contributed by atoms with E-state index in [0.29, 0.717) is 10.7 Å². The minimum Gasteiger partial charge on any atom is -0.386 e. The predicted octanol–water partition coefficient (Wildman–Crippen LogP) is 2.98. The number of benzene rings is 1. The van der Waals surface area contributed by atoms with Crippen molar-refractivity contribution in [2.24, 2.45) is 0 Å². The Balaban J connectivity index is 1.67. The lowest BCUT2D eigenvalue weighted by Gasteiger charge is -2.07. The first kappa shape index (κ1) is 15.7. The molecule has 0 aliphatic rings. The number of hydrogen-bond acceptors (Lipinski definition) is 5. The lowest BCUT2D eigenvalue weighted by Crippen LogP contribution is -2.13. The smallest absolute Gasteiger partial charge is 0.277 e. The lowest BCUT2D eigenvalue weighted by atomic mass is 10.2. The van der Waals surface area contributed by atoms with Gasteiger partial charge < -0.3 is 10.4 Å². The number of anilines is 1. The van der Waals surface area contributed by atoms with E-state index in [1.165, 1.54) is 22.2 Å². The maximum atomic E-state index is 12.1. The number of rotatable bonds is 5. The zero-order valence-corrected chi connectivity index (χ0v) is 13.5. The Morgan fingerprint density at radius 2 is 2.22 bits per heavy atom. The van der Waals surface area contributed by atoms with Gasteiger partial charge >= 0.3 is 0 Å². The topological polar surface area (TPSA) is 80.0 Å². The predicted molar refractivity (Wildman–Crippen MR) is 88.7 cm³/mol. The van der Waals surface area contributed by atoms with Gasteiger partial charge in [-0.2, -0.15) is 11.3 Å². The number of aromatic nitrogens is 3. The average molecular weight is 349 g/mol. The number of aliphatic hydroxyl groups excluding tert-OH is 1. The van der Waals surface area contributed by atoms with Crippen LogP contribution in [0.3, 0.4) is 0 Å². The monoisotopic (exact) mass is 348 g/mol. The van der Waals surface area contributed by atoms with Gasteiger partial charge in [-0.15, -0.1) is 5.10 Å². The highest BCUT2D eigenvalue weighted by Crippen LogP contribution is 2.21. The van der Waals surface area contributed by atoms with E-state index in [9.17, 15) is 9.90 Å². The molecule has 2 heterocycles. The molecule has 0 aliphatic carbocycles. The Labute approximate surface area is 141 Å². The highest BCUT2D eigenvalue weighted by atomic mass is 35.5. The molecule has 1 amide bonds. The van der Waals surface area contributed by atoms with Gasteiger partial charge in [-0.3, -0.25) is 4.79 Å². The molecule has 6 nitrogen and oxygen atoms in total. The van der Waals surface area contributed by atoms with E-state index in [1.54, 1.807) is 24.3 Å². The van der Waals surface area contributed by atoms with Crippen LogP contribution in [0.15, 0.2) is 47.3 Å². The van der Waals surface area contributed by atoms with Crippen LogP contribution < -0.4 is 5.32 Å². The number of halogens is 1. The van der Waals surface area contributed by atoms with E-state index in [2.05, 4.69) is 15.6 Å². The van der Waals surface area contributed by atoms with Crippen molar-refractivity contribution < 1.29 is 9.90 Å². The fourth-order valence-corrected chi connectivity index (χ4v) is 2.88. The van der Waals surface area contributed by atoms with Gasteiger partial charge in [0.15, 0.2) is 5.69 Å². The van der Waals surface area contributed by atoms with E-state index in [0.717, 1.165) is 5.56 Å². The molecule has 0 spiro atoms. The van der Waals surface area contributed by atoms with Gasteiger partial charge in [-0.25, -0.2) is 4.68 Å². The van der Waals surface area contributed by atoms with E-state index < -0.39 is 12.0 Å². The number of aliphatic hydroxyl groups is 1. The van der Waals surface area contributed by atoms with Crippen LogP contribution in [0.5, 0.6) is 0 Å². The molecule has 3 aromatic rings. The van der Waals surface area contributed by atoms with Gasteiger partial charge in [-0.05, 0) is 34.5 Å². The molecule has 1 aromatic carbocycles. The van der Waals surface area contributed by atoms with Crippen molar-refractivity contribution in [1.82, 2.24) is 15.0 Å². The molecule has 0 saturated carbocycles. The third kappa shape index (κ3) is 3.76. The summed E-state index contributed by atoms with van der Waals surface area (Å²) in [6, 6.07) is 8.78. The normalized spacial score (nSPS) is 12.1. The summed E-state index contributed by atoms with van der Waals surface area (Å²) in [5.41, 5.74) is 1.47. The van der Waals surface area contributed by atoms with Crippen LogP contribution in [0, 0.1) is 0 Å². The molecule has 1 atom stereocenters. The number of para-hydroxylation sites is 1. The Morgan fingerprint density at radius 1 is 1.39 bits per heavy atom. The molecule has 3 rings (SSSR count). The first-order valence-corrected chi connectivity index (χ1v) is 8.12. The van der Waals surface area contributed by atoms with Crippen molar-refractivity contribution in [2.75, 3.05) is 5.32 Å². The third-order valence-electron chi connectivity index (χ3n) is 3.18. The first-order valence-electron chi connectivity index (χ1n) is 6.79. The van der Waals surface area contributed by atoms with Crippen molar-refractivity contribution in [3.8, 4) is 0 Å². The molecular formula is C15H13ClN4O2S. The SMILES string of the molecule is O=C(Nc1ccccc1Cl)c1cn(C[C@@H](O)c2ccsc2)nn1. The number of hydrogen-bond donors (Lipinski definition) is 2. The summed E-state index contributed by atoms with van der Waals surface area (Å²) in [7, 11) is 0. The molecule has 0 fully saturated rings. The Bertz CT molecular complexity index is 803. The van der Waals surface area contributed by atoms with Crippen LogP contribution in [0.25, 0.3) is 0 Å². The number of nitrogens with zero attached hydrogens (tertiary/aromatic N) is 3. The number of amides is 1.